The highest BCUT2D eigenvalue weighted by atomic mass is 32.1. The second kappa shape index (κ2) is 5.85. The third-order valence-electron chi connectivity index (χ3n) is 2.12. The molecule has 0 aromatic carbocycles. The highest BCUT2D eigenvalue weighted by Gasteiger charge is 2.20. The Morgan fingerprint density at radius 1 is 1.73 bits per heavy atom. The first kappa shape index (κ1) is 12.2. The Morgan fingerprint density at radius 2 is 2.47 bits per heavy atom. The summed E-state index contributed by atoms with van der Waals surface area (Å²) in [4.78, 5) is 14.3. The molecular formula is C10H16N2O2S. The summed E-state index contributed by atoms with van der Waals surface area (Å²) in [6.45, 7) is 1.09. The summed E-state index contributed by atoms with van der Waals surface area (Å²) >= 11 is 1.50. The van der Waals surface area contributed by atoms with E-state index in [9.17, 15) is 4.79 Å². The van der Waals surface area contributed by atoms with Crippen LogP contribution in [0.5, 0.6) is 0 Å². The normalized spacial score (nSPS) is 12.5. The summed E-state index contributed by atoms with van der Waals surface area (Å²) in [7, 11) is 3.34. The molecule has 0 aliphatic rings. The Labute approximate surface area is 93.6 Å². The largest absolute Gasteiger partial charge is 0.383 e. The molecule has 84 valence electrons. The van der Waals surface area contributed by atoms with Gasteiger partial charge in [-0.3, -0.25) is 4.79 Å². The van der Waals surface area contributed by atoms with Crippen LogP contribution in [0.25, 0.3) is 0 Å². The van der Waals surface area contributed by atoms with E-state index in [4.69, 9.17) is 10.5 Å². The number of methoxy groups -OCH3 is 1. The molecule has 0 spiro atoms. The van der Waals surface area contributed by atoms with Gasteiger partial charge in [-0.25, -0.2) is 0 Å². The Hall–Kier alpha value is -0.910. The number of amides is 1. The molecule has 0 aliphatic heterocycles. The average Bonchev–Trinajstić information content (AvgIpc) is 2.77. The number of nitrogens with two attached hydrogens (primary N) is 1. The van der Waals surface area contributed by atoms with Crippen LogP contribution in [-0.4, -0.2) is 38.1 Å². The first-order valence-corrected chi connectivity index (χ1v) is 5.57. The minimum absolute atomic E-state index is 0.0745. The van der Waals surface area contributed by atoms with Crippen molar-refractivity contribution in [3.8, 4) is 0 Å². The molecular weight excluding hydrogens is 212 g/mol. The molecule has 15 heavy (non-hydrogen) atoms. The van der Waals surface area contributed by atoms with Crippen molar-refractivity contribution < 1.29 is 9.53 Å². The lowest BCUT2D eigenvalue weighted by molar-refractivity contribution is -0.131. The van der Waals surface area contributed by atoms with Gasteiger partial charge in [0, 0.05) is 25.6 Å². The van der Waals surface area contributed by atoms with Crippen molar-refractivity contribution in [2.45, 2.75) is 6.04 Å². The van der Waals surface area contributed by atoms with E-state index in [1.54, 1.807) is 19.1 Å². The number of ether oxygens (including phenoxy) is 1. The molecule has 1 rings (SSSR count). The summed E-state index contributed by atoms with van der Waals surface area (Å²) in [5.41, 5.74) is 5.83. The molecule has 0 aliphatic carbocycles. The quantitative estimate of drug-likeness (QED) is 0.813. The molecule has 1 aromatic heterocycles. The zero-order valence-electron chi connectivity index (χ0n) is 8.97. The zero-order chi connectivity index (χ0) is 11.3. The second-order valence-electron chi connectivity index (χ2n) is 3.25. The van der Waals surface area contributed by atoms with E-state index >= 15 is 0 Å². The molecule has 5 heteroatoms. The molecule has 1 atom stereocenters. The van der Waals surface area contributed by atoms with E-state index in [1.165, 1.54) is 11.3 Å². The maximum Gasteiger partial charge on any atom is 0.244 e. The lowest BCUT2D eigenvalue weighted by atomic mass is 10.2. The Kier molecular flexibility index (Phi) is 4.74. The summed E-state index contributed by atoms with van der Waals surface area (Å²) in [5.74, 6) is -0.0745. The van der Waals surface area contributed by atoms with Gasteiger partial charge in [0.25, 0.3) is 0 Å². The second-order valence-corrected chi connectivity index (χ2v) is 4.22. The minimum Gasteiger partial charge on any atom is -0.383 e. The molecule has 1 aromatic rings. The van der Waals surface area contributed by atoms with E-state index in [0.29, 0.717) is 13.2 Å². The lowest BCUT2D eigenvalue weighted by Gasteiger charge is -2.20. The van der Waals surface area contributed by atoms with E-state index in [1.807, 2.05) is 17.5 Å². The van der Waals surface area contributed by atoms with Crippen molar-refractivity contribution in [2.24, 2.45) is 5.73 Å². The number of carbonyl (C=O) groups excluding carboxylic acids is 1. The van der Waals surface area contributed by atoms with Gasteiger partial charge in [-0.05, 0) is 11.4 Å². The topological polar surface area (TPSA) is 55.6 Å². The molecule has 1 unspecified atom stereocenters. The van der Waals surface area contributed by atoms with Crippen molar-refractivity contribution in [1.82, 2.24) is 4.90 Å². The van der Waals surface area contributed by atoms with Crippen molar-refractivity contribution in [3.63, 3.8) is 0 Å². The maximum atomic E-state index is 11.8. The summed E-state index contributed by atoms with van der Waals surface area (Å²) in [5, 5.41) is 1.91. The number of hydrogen-bond donors (Lipinski definition) is 1. The number of nitrogens with zero attached hydrogens (tertiary/aromatic N) is 1. The molecule has 0 bridgehead atoms. The molecule has 1 amide bonds. The van der Waals surface area contributed by atoms with Crippen LogP contribution in [0.15, 0.2) is 17.5 Å². The van der Waals surface area contributed by atoms with Gasteiger partial charge in [0.05, 0.1) is 6.61 Å². The van der Waals surface area contributed by atoms with E-state index < -0.39 is 6.04 Å². The van der Waals surface area contributed by atoms with Crippen LogP contribution in [0.3, 0.4) is 0 Å². The molecule has 2 N–H and O–H groups in total. The van der Waals surface area contributed by atoms with Crippen LogP contribution < -0.4 is 5.73 Å². The Morgan fingerprint density at radius 3 is 3.00 bits per heavy atom. The molecule has 0 saturated carbocycles. The summed E-state index contributed by atoms with van der Waals surface area (Å²) in [6, 6.07) is 3.21. The predicted octanol–water partition coefficient (Wildman–Crippen LogP) is 0.853. The van der Waals surface area contributed by atoms with Crippen LogP contribution in [0, 0.1) is 0 Å². The average molecular weight is 228 g/mol. The van der Waals surface area contributed by atoms with Crippen LogP contribution in [0.2, 0.25) is 0 Å². The van der Waals surface area contributed by atoms with Gasteiger partial charge in [0.2, 0.25) is 5.91 Å². The van der Waals surface area contributed by atoms with Crippen LogP contribution >= 0.6 is 11.3 Å². The molecule has 1 heterocycles. The summed E-state index contributed by atoms with van der Waals surface area (Å²) in [6.07, 6.45) is 0. The Balaban J connectivity index is 2.52. The monoisotopic (exact) mass is 228 g/mol. The van der Waals surface area contributed by atoms with Gasteiger partial charge in [0.1, 0.15) is 6.04 Å². The van der Waals surface area contributed by atoms with Crippen LogP contribution in [0.1, 0.15) is 10.9 Å². The van der Waals surface area contributed by atoms with Crippen LogP contribution in [0.4, 0.5) is 0 Å². The van der Waals surface area contributed by atoms with Gasteiger partial charge in [-0.15, -0.1) is 11.3 Å². The number of likely N-dealkylation sites (N-methyl/N-ethyl adjacent to an activating group) is 1. The first-order chi connectivity index (χ1) is 7.16. The van der Waals surface area contributed by atoms with E-state index in [0.717, 1.165) is 4.88 Å². The lowest BCUT2D eigenvalue weighted by Crippen LogP contribution is -2.37. The number of carbonyl (C=O) groups is 1. The SMILES string of the molecule is COCCN(C)C(=O)C(N)c1cccs1. The smallest absolute Gasteiger partial charge is 0.244 e. The van der Waals surface area contributed by atoms with E-state index in [-0.39, 0.29) is 5.91 Å². The van der Waals surface area contributed by atoms with Crippen LogP contribution in [-0.2, 0) is 9.53 Å². The third-order valence-corrected chi connectivity index (χ3v) is 3.08. The standard InChI is InChI=1S/C10H16N2O2S/c1-12(5-6-14-2)10(13)9(11)8-4-3-7-15-8/h3-4,7,9H,5-6,11H2,1-2H3. The molecule has 4 nitrogen and oxygen atoms in total. The summed E-state index contributed by atoms with van der Waals surface area (Å²) < 4.78 is 4.90. The molecule has 0 fully saturated rings. The third kappa shape index (κ3) is 3.30. The van der Waals surface area contributed by atoms with Crippen molar-refractivity contribution in [2.75, 3.05) is 27.3 Å². The highest BCUT2D eigenvalue weighted by Crippen LogP contribution is 2.18. The maximum absolute atomic E-state index is 11.8. The molecule has 0 saturated heterocycles. The fourth-order valence-corrected chi connectivity index (χ4v) is 1.88. The van der Waals surface area contributed by atoms with Crippen molar-refractivity contribution in [1.29, 1.82) is 0 Å². The van der Waals surface area contributed by atoms with E-state index in [2.05, 4.69) is 0 Å². The van der Waals surface area contributed by atoms with Gasteiger partial charge in [0.15, 0.2) is 0 Å². The Bertz CT molecular complexity index is 300. The zero-order valence-corrected chi connectivity index (χ0v) is 9.79. The van der Waals surface area contributed by atoms with Gasteiger partial charge < -0.3 is 15.4 Å². The number of thiophene rings is 1. The van der Waals surface area contributed by atoms with Gasteiger partial charge in [-0.1, -0.05) is 6.07 Å². The minimum atomic E-state index is -0.549. The number of rotatable bonds is 5. The number of hydrogen-bond acceptors (Lipinski definition) is 4. The molecule has 0 radical (unpaired) electrons. The predicted molar refractivity (Wildman–Crippen MR) is 60.8 cm³/mol. The highest BCUT2D eigenvalue weighted by molar-refractivity contribution is 7.10. The fourth-order valence-electron chi connectivity index (χ4n) is 1.17. The fraction of sp³-hybridized carbons (Fsp3) is 0.500. The van der Waals surface area contributed by atoms with Gasteiger partial charge in [-0.2, -0.15) is 0 Å². The van der Waals surface area contributed by atoms with Crippen molar-refractivity contribution in [3.05, 3.63) is 22.4 Å². The van der Waals surface area contributed by atoms with Crippen molar-refractivity contribution >= 4 is 17.2 Å². The van der Waals surface area contributed by atoms with Gasteiger partial charge >= 0.3 is 0 Å². The first-order valence-electron chi connectivity index (χ1n) is 4.69.